The van der Waals surface area contributed by atoms with Crippen molar-refractivity contribution in [2.75, 3.05) is 30.3 Å². The van der Waals surface area contributed by atoms with Crippen molar-refractivity contribution in [3.05, 3.63) is 59.7 Å². The molecule has 1 saturated heterocycles. The van der Waals surface area contributed by atoms with E-state index in [2.05, 4.69) is 16.0 Å². The standard InChI is InChI=1S/C24H30N2O4.C12H23NO4.C6H11NO/c27-22(28)14-9-15-24(23(29)30)18-10-3-5-12-20(18)25-16-7-1-2-8-17-26-21-13-6-4-11-19(21)24;13-10(12(16)17)8-6-4-2-1-3-5-7-9-11(14)15;8-6-4-2-1-3-5-7-6/h3-6,10-13,25-26H,1-2,7-9,14-17H2,(H,27,28)(H,29,30);10H,1-9,13H2,(H,14,15)(H,16,17);1-5H2,(H,7,8). The number of benzene rings is 2. The average molecular weight is 769 g/mol. The molecule has 4 rings (SSSR count). The molecule has 2 aliphatic rings. The van der Waals surface area contributed by atoms with Crippen molar-refractivity contribution in [1.82, 2.24) is 5.32 Å². The highest BCUT2D eigenvalue weighted by Gasteiger charge is 2.45. The summed E-state index contributed by atoms with van der Waals surface area (Å²) >= 11 is 0. The van der Waals surface area contributed by atoms with Crippen LogP contribution in [0.5, 0.6) is 0 Å². The summed E-state index contributed by atoms with van der Waals surface area (Å²) < 4.78 is 0. The molecule has 55 heavy (non-hydrogen) atoms. The molecule has 1 amide bonds. The SMILES string of the molecule is NC(CCCCCCCCCC(=O)O)C(=O)O.O=C(O)CCCC1(C(=O)O)c2ccccc2NCCCCCCNc2ccccc21.O=C1CCCCCN1. The molecule has 0 saturated carbocycles. The Morgan fingerprint density at radius 1 is 0.600 bits per heavy atom. The highest BCUT2D eigenvalue weighted by atomic mass is 16.4. The molecule has 0 bridgehead atoms. The summed E-state index contributed by atoms with van der Waals surface area (Å²) in [5, 5.41) is 46.4. The minimum absolute atomic E-state index is 0.0692. The summed E-state index contributed by atoms with van der Waals surface area (Å²) in [6, 6.07) is 14.3. The Bertz CT molecular complexity index is 1400. The number of nitrogens with one attached hydrogen (secondary N) is 3. The van der Waals surface area contributed by atoms with E-state index < -0.39 is 35.3 Å². The molecule has 0 aromatic heterocycles. The van der Waals surface area contributed by atoms with Crippen molar-refractivity contribution in [3.63, 3.8) is 0 Å². The van der Waals surface area contributed by atoms with Crippen LogP contribution in [0.3, 0.4) is 0 Å². The molecule has 0 aliphatic carbocycles. The molecule has 1 unspecified atom stereocenters. The maximum atomic E-state index is 13.0. The molecule has 13 heteroatoms. The highest BCUT2D eigenvalue weighted by molar-refractivity contribution is 5.91. The molecule has 0 radical (unpaired) electrons. The molecular weight excluding hydrogens is 704 g/mol. The highest BCUT2D eigenvalue weighted by Crippen LogP contribution is 2.44. The Hall–Kier alpha value is -4.65. The van der Waals surface area contributed by atoms with Gasteiger partial charge in [0.2, 0.25) is 5.91 Å². The third-order valence-electron chi connectivity index (χ3n) is 9.94. The zero-order valence-corrected chi connectivity index (χ0v) is 32.4. The number of carboxylic acid groups (broad SMARTS) is 4. The molecule has 1 fully saturated rings. The lowest BCUT2D eigenvalue weighted by molar-refractivity contribution is -0.143. The lowest BCUT2D eigenvalue weighted by atomic mass is 9.69. The van der Waals surface area contributed by atoms with E-state index >= 15 is 0 Å². The van der Waals surface area contributed by atoms with Crippen molar-refractivity contribution in [1.29, 1.82) is 0 Å². The van der Waals surface area contributed by atoms with E-state index in [0.29, 0.717) is 17.5 Å². The molecule has 2 aliphatic heterocycles. The number of unbranched alkanes of at least 4 members (excludes halogenated alkanes) is 6. The summed E-state index contributed by atoms with van der Waals surface area (Å²) in [7, 11) is 0. The summed E-state index contributed by atoms with van der Waals surface area (Å²) in [6.07, 6.45) is 16.4. The van der Waals surface area contributed by atoms with Crippen LogP contribution in [-0.2, 0) is 29.4 Å². The first-order valence-electron chi connectivity index (χ1n) is 20.1. The van der Waals surface area contributed by atoms with Gasteiger partial charge in [0.25, 0.3) is 0 Å². The van der Waals surface area contributed by atoms with Gasteiger partial charge in [0.05, 0.1) is 0 Å². The van der Waals surface area contributed by atoms with Gasteiger partial charge in [-0.2, -0.15) is 0 Å². The van der Waals surface area contributed by atoms with E-state index in [0.717, 1.165) is 121 Å². The Morgan fingerprint density at radius 2 is 1.05 bits per heavy atom. The predicted octanol–water partition coefficient (Wildman–Crippen LogP) is 7.38. The number of amides is 1. The normalized spacial score (nSPS) is 15.8. The van der Waals surface area contributed by atoms with Crippen molar-refractivity contribution >= 4 is 41.2 Å². The second-order valence-electron chi connectivity index (χ2n) is 14.3. The summed E-state index contributed by atoms with van der Waals surface area (Å²) in [4.78, 5) is 55.4. The van der Waals surface area contributed by atoms with Gasteiger partial charge in [-0.3, -0.25) is 24.0 Å². The molecule has 13 nitrogen and oxygen atoms in total. The van der Waals surface area contributed by atoms with Gasteiger partial charge < -0.3 is 42.1 Å². The number of anilines is 2. The van der Waals surface area contributed by atoms with Gasteiger partial charge in [-0.15, -0.1) is 0 Å². The third kappa shape index (κ3) is 18.0. The monoisotopic (exact) mass is 768 g/mol. The fourth-order valence-corrected chi connectivity index (χ4v) is 6.88. The number of carbonyl (C=O) groups excluding carboxylic acids is 1. The Labute approximate surface area is 325 Å². The number of para-hydroxylation sites is 2. The number of nitrogens with two attached hydrogens (primary N) is 1. The maximum absolute atomic E-state index is 13.0. The molecular formula is C42H64N4O9. The van der Waals surface area contributed by atoms with Gasteiger partial charge in [-0.05, 0) is 74.6 Å². The fourth-order valence-electron chi connectivity index (χ4n) is 6.88. The number of carboxylic acids is 4. The lowest BCUT2D eigenvalue weighted by Crippen LogP contribution is -2.39. The van der Waals surface area contributed by atoms with Crippen LogP contribution in [0, 0.1) is 0 Å². The van der Waals surface area contributed by atoms with Crippen molar-refractivity contribution < 1.29 is 44.4 Å². The molecule has 2 aromatic carbocycles. The van der Waals surface area contributed by atoms with Crippen LogP contribution in [0.2, 0.25) is 0 Å². The first kappa shape index (κ1) is 46.5. The van der Waals surface area contributed by atoms with Crippen molar-refractivity contribution in [2.45, 2.75) is 140 Å². The second-order valence-corrected chi connectivity index (χ2v) is 14.3. The molecule has 2 aromatic rings. The summed E-state index contributed by atoms with van der Waals surface area (Å²) in [5.74, 6) is -3.32. The molecule has 2 heterocycles. The topological polar surface area (TPSA) is 228 Å². The van der Waals surface area contributed by atoms with Gasteiger partial charge in [0.15, 0.2) is 0 Å². The number of aliphatic carboxylic acids is 4. The Morgan fingerprint density at radius 3 is 1.56 bits per heavy atom. The quantitative estimate of drug-likeness (QED) is 0.0783. The minimum atomic E-state index is -1.35. The van der Waals surface area contributed by atoms with Crippen LogP contribution in [-0.4, -0.2) is 75.9 Å². The minimum Gasteiger partial charge on any atom is -0.481 e. The van der Waals surface area contributed by atoms with Gasteiger partial charge in [0, 0.05) is 50.3 Å². The van der Waals surface area contributed by atoms with Crippen LogP contribution in [0.15, 0.2) is 48.5 Å². The van der Waals surface area contributed by atoms with Gasteiger partial charge in [-0.25, -0.2) is 0 Å². The summed E-state index contributed by atoms with van der Waals surface area (Å²) in [5.41, 5.74) is 6.97. The van der Waals surface area contributed by atoms with Gasteiger partial charge >= 0.3 is 23.9 Å². The first-order chi connectivity index (χ1) is 26.5. The smallest absolute Gasteiger partial charge is 0.320 e. The van der Waals surface area contributed by atoms with Crippen molar-refractivity contribution in [3.8, 4) is 0 Å². The molecule has 1 atom stereocenters. The predicted molar refractivity (Wildman–Crippen MR) is 215 cm³/mol. The second kappa shape index (κ2) is 27.0. The number of fused-ring (bicyclic) bond motifs is 2. The Kier molecular flexibility index (Phi) is 22.8. The number of carbonyl (C=O) groups is 5. The fraction of sp³-hybridized carbons (Fsp3) is 0.595. The maximum Gasteiger partial charge on any atom is 0.320 e. The van der Waals surface area contributed by atoms with Gasteiger partial charge in [-0.1, -0.05) is 94.2 Å². The van der Waals surface area contributed by atoms with Crippen molar-refractivity contribution in [2.24, 2.45) is 5.73 Å². The van der Waals surface area contributed by atoms with E-state index in [1.165, 1.54) is 6.42 Å². The average Bonchev–Trinajstić information content (AvgIpc) is 3.40. The van der Waals surface area contributed by atoms with E-state index in [-0.39, 0.29) is 31.6 Å². The van der Waals surface area contributed by atoms with E-state index in [1.807, 2.05) is 48.5 Å². The zero-order valence-electron chi connectivity index (χ0n) is 32.4. The van der Waals surface area contributed by atoms with Crippen LogP contribution >= 0.6 is 0 Å². The molecule has 306 valence electrons. The Balaban J connectivity index is 0.000000349. The first-order valence-corrected chi connectivity index (χ1v) is 20.1. The molecule has 9 N–H and O–H groups in total. The van der Waals surface area contributed by atoms with E-state index in [9.17, 15) is 29.1 Å². The van der Waals surface area contributed by atoms with Gasteiger partial charge in [0.1, 0.15) is 11.5 Å². The van der Waals surface area contributed by atoms with E-state index in [1.54, 1.807) is 0 Å². The largest absolute Gasteiger partial charge is 0.481 e. The lowest BCUT2D eigenvalue weighted by Gasteiger charge is -2.34. The van der Waals surface area contributed by atoms with Crippen LogP contribution in [0.1, 0.15) is 140 Å². The number of rotatable bonds is 16. The van der Waals surface area contributed by atoms with Crippen LogP contribution in [0.4, 0.5) is 11.4 Å². The number of hydrogen-bond donors (Lipinski definition) is 8. The summed E-state index contributed by atoms with van der Waals surface area (Å²) in [6.45, 7) is 2.44. The van der Waals surface area contributed by atoms with E-state index in [4.69, 9.17) is 21.1 Å². The van der Waals surface area contributed by atoms with Crippen LogP contribution < -0.4 is 21.7 Å². The zero-order chi connectivity index (χ0) is 40.3. The van der Waals surface area contributed by atoms with Crippen LogP contribution in [0.25, 0.3) is 0 Å². The molecule has 0 spiro atoms. The third-order valence-corrected chi connectivity index (χ3v) is 9.94. The number of hydrogen-bond acceptors (Lipinski definition) is 8.